The lowest BCUT2D eigenvalue weighted by molar-refractivity contribution is 0.414. The Bertz CT molecular complexity index is 677. The summed E-state index contributed by atoms with van der Waals surface area (Å²) in [7, 11) is 1.61. The fourth-order valence-corrected chi connectivity index (χ4v) is 3.79. The Hall–Kier alpha value is -1.59. The van der Waals surface area contributed by atoms with E-state index in [1.807, 2.05) is 18.2 Å². The smallest absolute Gasteiger partial charge is 0.139 e. The fraction of sp³-hybridized carbons (Fsp3) is 0.250. The minimum absolute atomic E-state index is 0.0343. The second-order valence-electron chi connectivity index (χ2n) is 5.03. The van der Waals surface area contributed by atoms with Crippen LogP contribution in [-0.4, -0.2) is 12.4 Å². The molecule has 0 aromatic heterocycles. The van der Waals surface area contributed by atoms with Crippen LogP contribution < -0.4 is 10.5 Å². The van der Waals surface area contributed by atoms with Crippen molar-refractivity contribution in [2.24, 2.45) is 5.73 Å². The maximum atomic E-state index is 13.8. The molecule has 0 amide bonds. The number of methoxy groups -OCH3 is 1. The van der Waals surface area contributed by atoms with Crippen molar-refractivity contribution in [1.29, 1.82) is 0 Å². The summed E-state index contributed by atoms with van der Waals surface area (Å²) < 4.78 is 31.9. The summed E-state index contributed by atoms with van der Waals surface area (Å²) in [6.45, 7) is 0. The van der Waals surface area contributed by atoms with Crippen LogP contribution in [0.15, 0.2) is 41.3 Å². The Morgan fingerprint density at radius 1 is 1.19 bits per heavy atom. The zero-order chi connectivity index (χ0) is 15.0. The highest BCUT2D eigenvalue weighted by atomic mass is 32.2. The van der Waals surface area contributed by atoms with Gasteiger partial charge in [0.2, 0.25) is 0 Å². The van der Waals surface area contributed by atoms with E-state index in [1.54, 1.807) is 7.11 Å². The zero-order valence-corrected chi connectivity index (χ0v) is 12.3. The molecule has 0 saturated carbocycles. The van der Waals surface area contributed by atoms with Crippen LogP contribution in [0.3, 0.4) is 0 Å². The molecular weight excluding hydrogens is 292 g/mol. The highest BCUT2D eigenvalue weighted by Crippen LogP contribution is 2.42. The molecule has 5 heteroatoms. The Kier molecular flexibility index (Phi) is 3.87. The number of thioether (sulfide) groups is 1. The molecule has 2 aromatic rings. The largest absolute Gasteiger partial charge is 0.497 e. The number of hydrogen-bond acceptors (Lipinski definition) is 3. The van der Waals surface area contributed by atoms with Gasteiger partial charge < -0.3 is 10.5 Å². The van der Waals surface area contributed by atoms with E-state index in [0.717, 1.165) is 29.4 Å². The number of ether oxygens (including phenoxy) is 1. The summed E-state index contributed by atoms with van der Waals surface area (Å²) in [6.07, 6.45) is 0.766. The molecule has 2 nitrogen and oxygen atoms in total. The van der Waals surface area contributed by atoms with Crippen LogP contribution in [0.5, 0.6) is 5.75 Å². The molecule has 1 aliphatic rings. The van der Waals surface area contributed by atoms with Crippen molar-refractivity contribution in [3.05, 3.63) is 59.2 Å². The van der Waals surface area contributed by atoms with E-state index in [-0.39, 0.29) is 11.3 Å². The minimum atomic E-state index is -0.569. The topological polar surface area (TPSA) is 35.2 Å². The van der Waals surface area contributed by atoms with Gasteiger partial charge in [-0.05, 0) is 41.8 Å². The molecule has 2 aromatic carbocycles. The van der Waals surface area contributed by atoms with Crippen molar-refractivity contribution < 1.29 is 13.5 Å². The molecule has 0 bridgehead atoms. The van der Waals surface area contributed by atoms with Crippen molar-refractivity contribution in [3.63, 3.8) is 0 Å². The van der Waals surface area contributed by atoms with Crippen molar-refractivity contribution >= 4 is 11.8 Å². The first-order valence-electron chi connectivity index (χ1n) is 6.62. The third-order valence-electron chi connectivity index (χ3n) is 3.71. The molecule has 2 atom stereocenters. The van der Waals surface area contributed by atoms with E-state index in [1.165, 1.54) is 23.9 Å². The number of rotatable bonds is 3. The molecule has 0 radical (unpaired) electrons. The number of hydrogen-bond donors (Lipinski definition) is 1. The third kappa shape index (κ3) is 2.76. The summed E-state index contributed by atoms with van der Waals surface area (Å²) >= 11 is 1.36. The maximum Gasteiger partial charge on any atom is 0.139 e. The van der Waals surface area contributed by atoms with E-state index in [0.29, 0.717) is 4.90 Å². The van der Waals surface area contributed by atoms with Crippen molar-refractivity contribution in [3.8, 4) is 5.75 Å². The van der Waals surface area contributed by atoms with Crippen LogP contribution >= 0.6 is 11.8 Å². The quantitative estimate of drug-likeness (QED) is 0.939. The Labute approximate surface area is 126 Å². The van der Waals surface area contributed by atoms with Crippen molar-refractivity contribution in [2.75, 3.05) is 7.11 Å². The van der Waals surface area contributed by atoms with Crippen molar-refractivity contribution in [2.45, 2.75) is 22.6 Å². The summed E-state index contributed by atoms with van der Waals surface area (Å²) in [5.74, 6) is -0.343. The normalized spacial score (nSPS) is 20.4. The number of fused-ring (bicyclic) bond motifs is 1. The van der Waals surface area contributed by atoms with E-state index >= 15 is 0 Å². The average molecular weight is 307 g/mol. The van der Waals surface area contributed by atoms with E-state index < -0.39 is 11.6 Å². The number of nitrogens with two attached hydrogens (primary N) is 1. The van der Waals surface area contributed by atoms with Gasteiger partial charge in [0.25, 0.3) is 0 Å². The van der Waals surface area contributed by atoms with Crippen LogP contribution in [-0.2, 0) is 6.42 Å². The summed E-state index contributed by atoms with van der Waals surface area (Å²) in [4.78, 5) is 0.427. The first kappa shape index (κ1) is 14.4. The molecule has 2 N–H and O–H groups in total. The van der Waals surface area contributed by atoms with Crippen LogP contribution in [0.1, 0.15) is 17.2 Å². The van der Waals surface area contributed by atoms with Crippen molar-refractivity contribution in [1.82, 2.24) is 0 Å². The molecular formula is C16H15F2NOS. The first-order chi connectivity index (χ1) is 10.1. The van der Waals surface area contributed by atoms with Gasteiger partial charge in [0.1, 0.15) is 17.4 Å². The van der Waals surface area contributed by atoms with Crippen LogP contribution in [0, 0.1) is 11.6 Å². The van der Waals surface area contributed by atoms with Gasteiger partial charge in [0.15, 0.2) is 0 Å². The van der Waals surface area contributed by atoms with Gasteiger partial charge in [-0.2, -0.15) is 0 Å². The molecule has 0 aliphatic heterocycles. The predicted molar refractivity (Wildman–Crippen MR) is 79.6 cm³/mol. The Morgan fingerprint density at radius 3 is 2.71 bits per heavy atom. The van der Waals surface area contributed by atoms with Gasteiger partial charge in [-0.15, -0.1) is 11.8 Å². The molecule has 2 unspecified atom stereocenters. The van der Waals surface area contributed by atoms with E-state index in [9.17, 15) is 8.78 Å². The van der Waals surface area contributed by atoms with Gasteiger partial charge in [0, 0.05) is 22.3 Å². The Morgan fingerprint density at radius 2 is 2.00 bits per heavy atom. The molecule has 0 saturated heterocycles. The number of benzene rings is 2. The second kappa shape index (κ2) is 5.66. The van der Waals surface area contributed by atoms with Gasteiger partial charge in [-0.3, -0.25) is 0 Å². The first-order valence-corrected chi connectivity index (χ1v) is 7.50. The molecule has 21 heavy (non-hydrogen) atoms. The van der Waals surface area contributed by atoms with E-state index in [4.69, 9.17) is 10.5 Å². The van der Waals surface area contributed by atoms with Gasteiger partial charge >= 0.3 is 0 Å². The van der Waals surface area contributed by atoms with Crippen LogP contribution in [0.25, 0.3) is 0 Å². The highest BCUT2D eigenvalue weighted by Gasteiger charge is 2.31. The molecule has 0 spiro atoms. The third-order valence-corrected chi connectivity index (χ3v) is 5.05. The monoisotopic (exact) mass is 307 g/mol. The second-order valence-corrected chi connectivity index (χ2v) is 6.31. The van der Waals surface area contributed by atoms with Gasteiger partial charge in [-0.25, -0.2) is 8.78 Å². The van der Waals surface area contributed by atoms with Crippen LogP contribution in [0.2, 0.25) is 0 Å². The SMILES string of the molecule is COc1ccc2c(c1)C(N)C(Sc1ccc(F)cc1F)C2. The number of halogens is 2. The van der Waals surface area contributed by atoms with E-state index in [2.05, 4.69) is 0 Å². The fourth-order valence-electron chi connectivity index (χ4n) is 2.59. The average Bonchev–Trinajstić information content (AvgIpc) is 2.78. The maximum absolute atomic E-state index is 13.8. The van der Waals surface area contributed by atoms with Crippen LogP contribution in [0.4, 0.5) is 8.78 Å². The standard InChI is InChI=1S/C16H15F2NOS/c1-20-11-4-2-9-6-15(16(19)12(9)8-11)21-14-5-3-10(17)7-13(14)18/h2-5,7-8,15-16H,6,19H2,1H3. The zero-order valence-electron chi connectivity index (χ0n) is 11.5. The van der Waals surface area contributed by atoms with Gasteiger partial charge in [-0.1, -0.05) is 6.07 Å². The lowest BCUT2D eigenvalue weighted by atomic mass is 10.1. The summed E-state index contributed by atoms with van der Waals surface area (Å²) in [6, 6.07) is 9.27. The summed E-state index contributed by atoms with van der Waals surface area (Å²) in [5, 5.41) is 0.0343. The lowest BCUT2D eigenvalue weighted by Crippen LogP contribution is -2.19. The predicted octanol–water partition coefficient (Wildman–Crippen LogP) is 3.69. The Balaban J connectivity index is 1.82. The molecule has 3 rings (SSSR count). The molecule has 110 valence electrons. The van der Waals surface area contributed by atoms with Gasteiger partial charge in [0.05, 0.1) is 7.11 Å². The minimum Gasteiger partial charge on any atom is -0.497 e. The molecule has 1 aliphatic carbocycles. The summed E-state index contributed by atoms with van der Waals surface area (Å²) in [5.41, 5.74) is 8.46. The molecule has 0 heterocycles. The highest BCUT2D eigenvalue weighted by molar-refractivity contribution is 8.00. The lowest BCUT2D eigenvalue weighted by Gasteiger charge is -2.16. The molecule has 0 fully saturated rings.